The molecule has 1 saturated heterocycles. The molecule has 2 heterocycles. The van der Waals surface area contributed by atoms with Gasteiger partial charge in [-0.05, 0) is 61.2 Å². The summed E-state index contributed by atoms with van der Waals surface area (Å²) in [6.07, 6.45) is 4.39. The summed E-state index contributed by atoms with van der Waals surface area (Å²) in [5.41, 5.74) is 4.58. The molecule has 0 bridgehead atoms. The van der Waals surface area contributed by atoms with Gasteiger partial charge in [0.15, 0.2) is 0 Å². The molecule has 0 radical (unpaired) electrons. The number of aromatic nitrogens is 1. The number of fused-ring (bicyclic) bond motifs is 1. The van der Waals surface area contributed by atoms with Gasteiger partial charge in [-0.1, -0.05) is 59.1 Å². The second kappa shape index (κ2) is 8.55. The van der Waals surface area contributed by atoms with Crippen LogP contribution in [0.4, 0.5) is 0 Å². The fraction of sp³-hybridized carbons (Fsp3) is 0.231. The van der Waals surface area contributed by atoms with Crippen molar-refractivity contribution in [2.75, 3.05) is 0 Å². The molecule has 5 rings (SSSR count). The van der Waals surface area contributed by atoms with Crippen LogP contribution in [0.2, 0.25) is 15.1 Å². The molecule has 1 fully saturated rings. The summed E-state index contributed by atoms with van der Waals surface area (Å²) < 4.78 is 5.60. The number of rotatable bonds is 3. The van der Waals surface area contributed by atoms with E-state index in [9.17, 15) is 4.79 Å². The summed E-state index contributed by atoms with van der Waals surface area (Å²) in [5.74, 6) is -0.109. The highest BCUT2D eigenvalue weighted by Gasteiger charge is 2.48. The van der Waals surface area contributed by atoms with Gasteiger partial charge in [-0.25, -0.2) is 4.79 Å². The van der Waals surface area contributed by atoms with Gasteiger partial charge in [-0.2, -0.15) is 0 Å². The maximum absolute atomic E-state index is 12.4. The average Bonchev–Trinajstić information content (AvgIpc) is 3.09. The van der Waals surface area contributed by atoms with E-state index in [-0.39, 0.29) is 29.8 Å². The monoisotopic (exact) mass is 483 g/mol. The van der Waals surface area contributed by atoms with Crippen molar-refractivity contribution in [2.24, 2.45) is 5.92 Å². The predicted molar refractivity (Wildman–Crippen MR) is 128 cm³/mol. The van der Waals surface area contributed by atoms with Gasteiger partial charge in [0.2, 0.25) is 0 Å². The largest absolute Gasteiger partial charge is 0.459 e. The summed E-state index contributed by atoms with van der Waals surface area (Å²) in [4.78, 5) is 17.3. The quantitative estimate of drug-likeness (QED) is 0.362. The van der Waals surface area contributed by atoms with Gasteiger partial charge in [-0.15, -0.1) is 0 Å². The lowest BCUT2D eigenvalue weighted by Gasteiger charge is -2.35. The van der Waals surface area contributed by atoms with Crippen LogP contribution in [0.5, 0.6) is 0 Å². The number of halogens is 3. The Morgan fingerprint density at radius 2 is 1.69 bits per heavy atom. The predicted octanol–water partition coefficient (Wildman–Crippen LogP) is 7.47. The van der Waals surface area contributed by atoms with Crippen LogP contribution in [-0.4, -0.2) is 17.1 Å². The lowest BCUT2D eigenvalue weighted by atomic mass is 9.67. The van der Waals surface area contributed by atoms with Crippen LogP contribution in [-0.2, 0) is 9.53 Å². The molecular weight excluding hydrogens is 465 g/mol. The lowest BCUT2D eigenvalue weighted by molar-refractivity contribution is -0.138. The van der Waals surface area contributed by atoms with Gasteiger partial charge in [0.1, 0.15) is 6.10 Å². The van der Waals surface area contributed by atoms with E-state index in [1.54, 1.807) is 12.1 Å². The van der Waals surface area contributed by atoms with Crippen molar-refractivity contribution in [3.8, 4) is 11.1 Å². The number of allylic oxidation sites excluding steroid dienone is 1. The number of esters is 1. The Bertz CT molecular complexity index is 1200. The molecule has 1 unspecified atom stereocenters. The standard InChI is InChI=1S/C26H20Cl3NO2/c1-14-24-20(26(31)32-14)9-8-19(15-2-5-17(27)6-3-15)25(24)23-11-4-16(13-30-23)21-12-18(28)7-10-22(21)29/h2-7,9-14,19,24-25H,8H2,1H3/t14-,19?,24-,25-/m1/s1. The van der Waals surface area contributed by atoms with Crippen molar-refractivity contribution < 1.29 is 9.53 Å². The van der Waals surface area contributed by atoms with Crippen LogP contribution < -0.4 is 0 Å². The first-order valence-electron chi connectivity index (χ1n) is 10.5. The van der Waals surface area contributed by atoms with Crippen LogP contribution >= 0.6 is 34.8 Å². The van der Waals surface area contributed by atoms with Gasteiger partial charge in [0.25, 0.3) is 0 Å². The van der Waals surface area contributed by atoms with Crippen molar-refractivity contribution >= 4 is 40.8 Å². The number of hydrogen-bond donors (Lipinski definition) is 0. The smallest absolute Gasteiger partial charge is 0.334 e. The first-order chi connectivity index (χ1) is 15.4. The zero-order valence-corrected chi connectivity index (χ0v) is 19.5. The number of pyridine rings is 1. The highest BCUT2D eigenvalue weighted by Crippen LogP contribution is 2.51. The van der Waals surface area contributed by atoms with Crippen molar-refractivity contribution in [2.45, 2.75) is 31.3 Å². The summed E-state index contributed by atoms with van der Waals surface area (Å²) in [7, 11) is 0. The summed E-state index contributed by atoms with van der Waals surface area (Å²) in [6.45, 7) is 1.96. The minimum absolute atomic E-state index is 0.00140. The van der Waals surface area contributed by atoms with Crippen LogP contribution in [0.15, 0.2) is 72.4 Å². The number of nitrogens with zero attached hydrogens (tertiary/aromatic N) is 1. The Morgan fingerprint density at radius 1 is 0.938 bits per heavy atom. The highest BCUT2D eigenvalue weighted by molar-refractivity contribution is 6.35. The number of carbonyl (C=O) groups excluding carboxylic acids is 1. The molecule has 6 heteroatoms. The summed E-state index contributed by atoms with van der Waals surface area (Å²) >= 11 is 18.7. The minimum Gasteiger partial charge on any atom is -0.459 e. The second-order valence-electron chi connectivity index (χ2n) is 8.31. The van der Waals surface area contributed by atoms with Crippen molar-refractivity contribution in [1.29, 1.82) is 0 Å². The molecule has 3 aromatic rings. The van der Waals surface area contributed by atoms with Gasteiger partial charge in [0, 0.05) is 55.5 Å². The fourth-order valence-electron chi connectivity index (χ4n) is 4.98. The zero-order chi connectivity index (χ0) is 22.4. The molecule has 32 heavy (non-hydrogen) atoms. The van der Waals surface area contributed by atoms with Crippen LogP contribution in [0, 0.1) is 5.92 Å². The van der Waals surface area contributed by atoms with E-state index in [0.29, 0.717) is 15.1 Å². The number of cyclic esters (lactones) is 1. The van der Waals surface area contributed by atoms with E-state index >= 15 is 0 Å². The van der Waals surface area contributed by atoms with Gasteiger partial charge in [-0.3, -0.25) is 4.98 Å². The van der Waals surface area contributed by atoms with E-state index < -0.39 is 0 Å². The Balaban J connectivity index is 1.57. The van der Waals surface area contributed by atoms with E-state index in [0.717, 1.165) is 28.8 Å². The van der Waals surface area contributed by atoms with Crippen molar-refractivity contribution in [3.63, 3.8) is 0 Å². The first-order valence-corrected chi connectivity index (χ1v) is 11.6. The normalized spacial score (nSPS) is 24.6. The molecule has 2 aliphatic rings. The molecule has 0 N–H and O–H groups in total. The van der Waals surface area contributed by atoms with Crippen LogP contribution in [0.3, 0.4) is 0 Å². The van der Waals surface area contributed by atoms with Gasteiger partial charge < -0.3 is 4.74 Å². The maximum atomic E-state index is 12.4. The van der Waals surface area contributed by atoms with Crippen molar-refractivity contribution in [1.82, 2.24) is 4.98 Å². The Labute approximate surface area is 202 Å². The first kappa shape index (κ1) is 21.5. The minimum atomic E-state index is -0.218. The van der Waals surface area contributed by atoms with Crippen LogP contribution in [0.25, 0.3) is 11.1 Å². The molecule has 3 nitrogen and oxygen atoms in total. The number of benzene rings is 2. The highest BCUT2D eigenvalue weighted by atomic mass is 35.5. The third kappa shape index (κ3) is 3.83. The zero-order valence-electron chi connectivity index (χ0n) is 17.3. The number of ether oxygens (including phenoxy) is 1. The average molecular weight is 485 g/mol. The Morgan fingerprint density at radius 3 is 2.41 bits per heavy atom. The number of carbonyl (C=O) groups is 1. The molecule has 0 saturated carbocycles. The molecule has 2 aromatic carbocycles. The van der Waals surface area contributed by atoms with Gasteiger partial charge >= 0.3 is 5.97 Å². The van der Waals surface area contributed by atoms with Gasteiger partial charge in [0.05, 0.1) is 0 Å². The third-order valence-corrected chi connectivity index (χ3v) is 7.29. The SMILES string of the molecule is C[C@H]1OC(=O)C2=CCC(c3ccc(Cl)cc3)[C@H](c3ccc(-c4cc(Cl)ccc4Cl)cn3)[C@@H]21. The summed E-state index contributed by atoms with van der Waals surface area (Å²) in [6, 6.07) is 17.4. The van der Waals surface area contributed by atoms with Crippen molar-refractivity contribution in [3.05, 3.63) is 98.8 Å². The molecular formula is C26H20Cl3NO2. The third-order valence-electron chi connectivity index (χ3n) is 6.47. The molecule has 0 spiro atoms. The Hall–Kier alpha value is -2.33. The molecule has 4 atom stereocenters. The van der Waals surface area contributed by atoms with Crippen LogP contribution in [0.1, 0.15) is 36.4 Å². The molecule has 1 aliphatic carbocycles. The topological polar surface area (TPSA) is 39.2 Å². The molecule has 0 amide bonds. The molecule has 1 aromatic heterocycles. The van der Waals surface area contributed by atoms with E-state index in [1.165, 1.54) is 5.56 Å². The van der Waals surface area contributed by atoms with E-state index in [4.69, 9.17) is 44.5 Å². The van der Waals surface area contributed by atoms with E-state index in [1.807, 2.05) is 49.5 Å². The van der Waals surface area contributed by atoms with E-state index in [2.05, 4.69) is 12.1 Å². The molecule has 1 aliphatic heterocycles. The number of hydrogen-bond acceptors (Lipinski definition) is 3. The summed E-state index contributed by atoms with van der Waals surface area (Å²) in [5, 5.41) is 1.94. The Kier molecular flexibility index (Phi) is 5.75. The second-order valence-corrected chi connectivity index (χ2v) is 9.59. The maximum Gasteiger partial charge on any atom is 0.334 e. The lowest BCUT2D eigenvalue weighted by Crippen LogP contribution is -2.30. The molecule has 162 valence electrons. The fourth-order valence-corrected chi connectivity index (χ4v) is 5.50.